The van der Waals surface area contributed by atoms with Gasteiger partial charge in [0.15, 0.2) is 5.78 Å². The first-order chi connectivity index (χ1) is 14.2. The number of nitrogens with zero attached hydrogens (tertiary/aromatic N) is 1. The van der Waals surface area contributed by atoms with E-state index in [0.717, 1.165) is 16.9 Å². The number of methoxy groups -OCH3 is 1. The first-order valence-electron chi connectivity index (χ1n) is 9.88. The van der Waals surface area contributed by atoms with Crippen LogP contribution in [0.5, 0.6) is 5.75 Å². The molecule has 0 spiro atoms. The topological polar surface area (TPSA) is 46.6 Å². The normalized spacial score (nSPS) is 21.0. The van der Waals surface area contributed by atoms with Gasteiger partial charge in [-0.2, -0.15) is 0 Å². The molecule has 0 bridgehead atoms. The Balaban J connectivity index is 1.88. The number of rotatable bonds is 3. The van der Waals surface area contributed by atoms with E-state index in [4.69, 9.17) is 27.9 Å². The van der Waals surface area contributed by atoms with Gasteiger partial charge in [0, 0.05) is 45.8 Å². The van der Waals surface area contributed by atoms with Gasteiger partial charge in [-0.1, -0.05) is 43.1 Å². The van der Waals surface area contributed by atoms with Gasteiger partial charge in [0.1, 0.15) is 5.75 Å². The van der Waals surface area contributed by atoms with Crippen LogP contribution in [0.2, 0.25) is 10.0 Å². The molecule has 6 heteroatoms. The van der Waals surface area contributed by atoms with Crippen LogP contribution < -0.4 is 9.64 Å². The van der Waals surface area contributed by atoms with E-state index in [9.17, 15) is 9.59 Å². The Morgan fingerprint density at radius 1 is 1.03 bits per heavy atom. The molecule has 0 saturated heterocycles. The molecule has 4 rings (SSSR count). The van der Waals surface area contributed by atoms with Crippen molar-refractivity contribution >= 4 is 40.6 Å². The number of hydrogen-bond donors (Lipinski definition) is 0. The number of amides is 1. The minimum absolute atomic E-state index is 0.0552. The molecule has 4 nitrogen and oxygen atoms in total. The molecule has 2 aromatic rings. The van der Waals surface area contributed by atoms with Gasteiger partial charge in [-0.15, -0.1) is 0 Å². The van der Waals surface area contributed by atoms with Crippen molar-refractivity contribution in [2.45, 2.75) is 39.0 Å². The summed E-state index contributed by atoms with van der Waals surface area (Å²) in [6, 6.07) is 12.6. The highest BCUT2D eigenvalue weighted by atomic mass is 35.5. The molecule has 156 valence electrons. The summed E-state index contributed by atoms with van der Waals surface area (Å²) in [5.74, 6) is 0.363. The van der Waals surface area contributed by atoms with Gasteiger partial charge < -0.3 is 4.74 Å². The Kier molecular flexibility index (Phi) is 5.41. The van der Waals surface area contributed by atoms with E-state index >= 15 is 0 Å². The standard InChI is InChI=1S/C24H23Cl2NO3/c1-24(2)12-20-23(21(28)13-24)18(17-9-4-14(25)10-19(17)26)11-22(29)27(20)15-5-7-16(30-3)8-6-15/h4-10,18H,11-13H2,1-3H3. The van der Waals surface area contributed by atoms with Crippen molar-refractivity contribution in [3.8, 4) is 5.75 Å². The second-order valence-electron chi connectivity index (χ2n) is 8.65. The molecule has 0 N–H and O–H groups in total. The summed E-state index contributed by atoms with van der Waals surface area (Å²) in [6.45, 7) is 4.12. The fourth-order valence-corrected chi connectivity index (χ4v) is 5.04. The zero-order chi connectivity index (χ0) is 21.6. The molecule has 30 heavy (non-hydrogen) atoms. The van der Waals surface area contributed by atoms with E-state index in [1.165, 1.54) is 0 Å². The summed E-state index contributed by atoms with van der Waals surface area (Å²) >= 11 is 12.5. The molecule has 2 aromatic carbocycles. The summed E-state index contributed by atoms with van der Waals surface area (Å²) < 4.78 is 5.24. The van der Waals surface area contributed by atoms with Crippen LogP contribution in [0.25, 0.3) is 0 Å². The van der Waals surface area contributed by atoms with E-state index in [2.05, 4.69) is 13.8 Å². The Hall–Kier alpha value is -2.30. The number of hydrogen-bond acceptors (Lipinski definition) is 3. The number of benzene rings is 2. The third kappa shape index (κ3) is 3.75. The molecule has 0 radical (unpaired) electrons. The smallest absolute Gasteiger partial charge is 0.232 e. The molecule has 0 saturated carbocycles. The van der Waals surface area contributed by atoms with E-state index < -0.39 is 0 Å². The number of ketones is 1. The Labute approximate surface area is 186 Å². The lowest BCUT2D eigenvalue weighted by molar-refractivity contribution is -0.121. The SMILES string of the molecule is COc1ccc(N2C(=O)CC(c3ccc(Cl)cc3Cl)C3=C2CC(C)(C)CC3=O)cc1. The van der Waals surface area contributed by atoms with Crippen LogP contribution in [0.4, 0.5) is 5.69 Å². The van der Waals surface area contributed by atoms with Gasteiger partial charge in [-0.25, -0.2) is 0 Å². The van der Waals surface area contributed by atoms with Crippen LogP contribution in [-0.2, 0) is 9.59 Å². The highest BCUT2D eigenvalue weighted by Crippen LogP contribution is 2.49. The number of Topliss-reactive ketones (excluding diaryl/α,β-unsaturated/α-hetero) is 1. The molecule has 0 aromatic heterocycles. The average Bonchev–Trinajstić information content (AvgIpc) is 2.66. The minimum Gasteiger partial charge on any atom is -0.497 e. The van der Waals surface area contributed by atoms with Crippen molar-refractivity contribution in [2.75, 3.05) is 12.0 Å². The van der Waals surface area contributed by atoms with E-state index in [1.54, 1.807) is 24.1 Å². The first kappa shape index (κ1) is 21.0. The number of ether oxygens (including phenoxy) is 1. The largest absolute Gasteiger partial charge is 0.497 e. The average molecular weight is 444 g/mol. The molecule has 1 unspecified atom stereocenters. The van der Waals surface area contributed by atoms with Crippen molar-refractivity contribution in [3.05, 3.63) is 69.3 Å². The lowest BCUT2D eigenvalue weighted by atomic mass is 9.69. The third-order valence-electron chi connectivity index (χ3n) is 5.81. The maximum atomic E-state index is 13.4. The second-order valence-corrected chi connectivity index (χ2v) is 9.49. The monoisotopic (exact) mass is 443 g/mol. The van der Waals surface area contributed by atoms with Crippen LogP contribution in [0.1, 0.15) is 44.6 Å². The maximum Gasteiger partial charge on any atom is 0.232 e. The second kappa shape index (κ2) is 7.75. The van der Waals surface area contributed by atoms with Gasteiger partial charge >= 0.3 is 0 Å². The molecule has 0 fully saturated rings. The van der Waals surface area contributed by atoms with Crippen molar-refractivity contribution in [3.63, 3.8) is 0 Å². The lowest BCUT2D eigenvalue weighted by Gasteiger charge is -2.43. The quantitative estimate of drug-likeness (QED) is 0.569. The van der Waals surface area contributed by atoms with Crippen molar-refractivity contribution in [1.82, 2.24) is 0 Å². The Bertz CT molecular complexity index is 1060. The predicted octanol–water partition coefficient (Wildman–Crippen LogP) is 6.17. The highest BCUT2D eigenvalue weighted by Gasteiger charge is 2.44. The highest BCUT2D eigenvalue weighted by molar-refractivity contribution is 6.35. The molecular weight excluding hydrogens is 421 g/mol. The molecule has 1 aliphatic heterocycles. The zero-order valence-electron chi connectivity index (χ0n) is 17.2. The van der Waals surface area contributed by atoms with Crippen LogP contribution in [0, 0.1) is 5.41 Å². The third-order valence-corrected chi connectivity index (χ3v) is 6.37. The first-order valence-corrected chi connectivity index (χ1v) is 10.6. The summed E-state index contributed by atoms with van der Waals surface area (Å²) in [5, 5.41) is 0.999. The Morgan fingerprint density at radius 2 is 1.73 bits per heavy atom. The molecule has 2 aliphatic rings. The van der Waals surface area contributed by atoms with Crippen molar-refractivity contribution in [2.24, 2.45) is 5.41 Å². The zero-order valence-corrected chi connectivity index (χ0v) is 18.7. The summed E-state index contributed by atoms with van der Waals surface area (Å²) in [5.41, 5.74) is 2.73. The minimum atomic E-state index is -0.365. The predicted molar refractivity (Wildman–Crippen MR) is 119 cm³/mol. The van der Waals surface area contributed by atoms with E-state index in [1.807, 2.05) is 30.3 Å². The number of anilines is 1. The molecule has 1 atom stereocenters. The van der Waals surface area contributed by atoms with Gasteiger partial charge in [-0.05, 0) is 53.8 Å². The van der Waals surface area contributed by atoms with Gasteiger partial charge in [0.05, 0.1) is 7.11 Å². The fourth-order valence-electron chi connectivity index (χ4n) is 4.50. The number of carbonyl (C=O) groups excluding carboxylic acids is 2. The fraction of sp³-hybridized carbons (Fsp3) is 0.333. The Morgan fingerprint density at radius 3 is 2.37 bits per heavy atom. The molecular formula is C24H23Cl2NO3. The number of carbonyl (C=O) groups is 2. The van der Waals surface area contributed by atoms with E-state index in [0.29, 0.717) is 34.2 Å². The van der Waals surface area contributed by atoms with Crippen LogP contribution in [0.3, 0.4) is 0 Å². The lowest BCUT2D eigenvalue weighted by Crippen LogP contribution is -2.43. The van der Waals surface area contributed by atoms with Gasteiger partial charge in [0.25, 0.3) is 0 Å². The molecule has 1 amide bonds. The number of allylic oxidation sites excluding steroid dienone is 2. The van der Waals surface area contributed by atoms with Crippen LogP contribution in [0.15, 0.2) is 53.7 Å². The van der Waals surface area contributed by atoms with E-state index in [-0.39, 0.29) is 29.4 Å². The molecule has 1 heterocycles. The van der Waals surface area contributed by atoms with Gasteiger partial charge in [-0.3, -0.25) is 14.5 Å². The molecule has 1 aliphatic carbocycles. The van der Waals surface area contributed by atoms with Crippen molar-refractivity contribution in [1.29, 1.82) is 0 Å². The number of halogens is 2. The van der Waals surface area contributed by atoms with Gasteiger partial charge in [0.2, 0.25) is 5.91 Å². The maximum absolute atomic E-state index is 13.4. The summed E-state index contributed by atoms with van der Waals surface area (Å²) in [7, 11) is 1.60. The van der Waals surface area contributed by atoms with Crippen LogP contribution >= 0.6 is 23.2 Å². The van der Waals surface area contributed by atoms with Crippen LogP contribution in [-0.4, -0.2) is 18.8 Å². The van der Waals surface area contributed by atoms with Crippen molar-refractivity contribution < 1.29 is 14.3 Å². The summed E-state index contributed by atoms with van der Waals surface area (Å²) in [6.07, 6.45) is 1.25. The summed E-state index contributed by atoms with van der Waals surface area (Å²) in [4.78, 5) is 28.4.